The summed E-state index contributed by atoms with van der Waals surface area (Å²) in [6.07, 6.45) is 0. The minimum absolute atomic E-state index is 0.0101. The maximum Gasteiger partial charge on any atom is 0.279 e. The number of hydrogen-bond donors (Lipinski definition) is 3. The number of carbonyl (C=O) groups is 3. The molecule has 1 fully saturated rings. The highest BCUT2D eigenvalue weighted by Crippen LogP contribution is 2.20. The number of Topliss-reactive ketones (excluding diaryl/α,β-unsaturated/α-hetero) is 1. The summed E-state index contributed by atoms with van der Waals surface area (Å²) in [4.78, 5) is 43.4. The molecule has 1 aliphatic heterocycles. The number of piperazine rings is 1. The van der Waals surface area contributed by atoms with Crippen LogP contribution >= 0.6 is 0 Å². The van der Waals surface area contributed by atoms with Gasteiger partial charge in [0.15, 0.2) is 12.3 Å². The van der Waals surface area contributed by atoms with Crippen LogP contribution in [-0.2, 0) is 4.79 Å². The van der Waals surface area contributed by atoms with E-state index in [1.165, 1.54) is 6.92 Å². The molecule has 3 N–H and O–H groups in total. The summed E-state index contributed by atoms with van der Waals surface area (Å²) in [5, 5.41) is 3.04. The summed E-state index contributed by atoms with van der Waals surface area (Å²) in [7, 11) is 0. The monoisotopic (exact) mass is 411 g/mol. The second-order valence-electron chi connectivity index (χ2n) is 8.22. The Labute approximate surface area is 177 Å². The Morgan fingerprint density at radius 2 is 1.67 bits per heavy atom. The largest absolute Gasteiger partial charge is 0.354 e. The number of para-hydroxylation sites is 1. The van der Waals surface area contributed by atoms with E-state index in [4.69, 9.17) is 0 Å². The lowest BCUT2D eigenvalue weighted by molar-refractivity contribution is -0.895. The zero-order chi connectivity index (χ0) is 22.0. The molecule has 1 aromatic carbocycles. The SMILES string of the molecule is CC(=O)c1c(C)[nH]c(C(=O)N2CC[NH+](CC(=O)Nc3c(C)cccc3C)CC2)c1C. The van der Waals surface area contributed by atoms with E-state index < -0.39 is 0 Å². The number of amides is 2. The standard InChI is InChI=1S/C23H30N4O3/c1-14-7-6-8-15(2)21(14)25-19(29)13-26-9-11-27(12-10-26)23(30)22-16(3)20(18(5)28)17(4)24-22/h6-8,24H,9-13H2,1-5H3,(H,25,29)/p+1. The predicted molar refractivity (Wildman–Crippen MR) is 116 cm³/mol. The number of carbonyl (C=O) groups excluding carboxylic acids is 3. The van der Waals surface area contributed by atoms with Crippen molar-refractivity contribution in [2.24, 2.45) is 0 Å². The predicted octanol–water partition coefficient (Wildman–Crippen LogP) is 1.43. The van der Waals surface area contributed by atoms with E-state index in [-0.39, 0.29) is 17.6 Å². The van der Waals surface area contributed by atoms with E-state index in [2.05, 4.69) is 10.3 Å². The van der Waals surface area contributed by atoms with Gasteiger partial charge in [0.25, 0.3) is 11.8 Å². The zero-order valence-electron chi connectivity index (χ0n) is 18.4. The fourth-order valence-corrected chi connectivity index (χ4v) is 4.28. The van der Waals surface area contributed by atoms with Crippen molar-refractivity contribution < 1.29 is 19.3 Å². The number of quaternary nitrogens is 1. The first kappa shape index (κ1) is 21.8. The molecule has 7 nitrogen and oxygen atoms in total. The Morgan fingerprint density at radius 1 is 1.07 bits per heavy atom. The van der Waals surface area contributed by atoms with E-state index in [0.717, 1.165) is 27.4 Å². The number of nitrogens with one attached hydrogen (secondary N) is 3. The molecular formula is C23H31N4O3+. The minimum Gasteiger partial charge on any atom is -0.354 e. The highest BCUT2D eigenvalue weighted by molar-refractivity contribution is 6.02. The number of aromatic amines is 1. The lowest BCUT2D eigenvalue weighted by Crippen LogP contribution is -3.15. The van der Waals surface area contributed by atoms with Crippen LogP contribution in [0.2, 0.25) is 0 Å². The Morgan fingerprint density at radius 3 is 2.20 bits per heavy atom. The molecule has 0 unspecified atom stereocenters. The highest BCUT2D eigenvalue weighted by atomic mass is 16.2. The maximum atomic E-state index is 12.9. The van der Waals surface area contributed by atoms with Gasteiger partial charge in [-0.1, -0.05) is 18.2 Å². The molecule has 30 heavy (non-hydrogen) atoms. The van der Waals surface area contributed by atoms with E-state index in [1.54, 1.807) is 4.90 Å². The van der Waals surface area contributed by atoms with Crippen LogP contribution in [0.15, 0.2) is 18.2 Å². The number of H-pyrrole nitrogens is 1. The fraction of sp³-hybridized carbons (Fsp3) is 0.435. The maximum absolute atomic E-state index is 12.9. The molecule has 160 valence electrons. The molecule has 2 aromatic rings. The summed E-state index contributed by atoms with van der Waals surface area (Å²) >= 11 is 0. The molecule has 0 bridgehead atoms. The summed E-state index contributed by atoms with van der Waals surface area (Å²) in [6.45, 7) is 12.1. The summed E-state index contributed by atoms with van der Waals surface area (Å²) in [5.74, 6) is -0.129. The van der Waals surface area contributed by atoms with Gasteiger partial charge in [0.05, 0.1) is 26.2 Å². The van der Waals surface area contributed by atoms with Gasteiger partial charge in [0, 0.05) is 16.9 Å². The molecule has 7 heteroatoms. The van der Waals surface area contributed by atoms with Gasteiger partial charge in [-0.15, -0.1) is 0 Å². The van der Waals surface area contributed by atoms with Gasteiger partial charge >= 0.3 is 0 Å². The van der Waals surface area contributed by atoms with Crippen molar-refractivity contribution in [2.45, 2.75) is 34.6 Å². The molecule has 0 saturated carbocycles. The van der Waals surface area contributed by atoms with Crippen molar-refractivity contribution in [1.29, 1.82) is 0 Å². The molecule has 0 radical (unpaired) electrons. The van der Waals surface area contributed by atoms with Crippen LogP contribution in [0.4, 0.5) is 5.69 Å². The van der Waals surface area contributed by atoms with Crippen LogP contribution in [0.25, 0.3) is 0 Å². The lowest BCUT2D eigenvalue weighted by atomic mass is 10.1. The molecule has 2 amide bonds. The average molecular weight is 412 g/mol. The van der Waals surface area contributed by atoms with E-state index in [1.807, 2.05) is 45.9 Å². The van der Waals surface area contributed by atoms with Gasteiger partial charge in [-0.05, 0) is 51.3 Å². The van der Waals surface area contributed by atoms with E-state index in [9.17, 15) is 14.4 Å². The first-order valence-electron chi connectivity index (χ1n) is 10.4. The molecule has 1 aliphatic rings. The number of nitrogens with zero attached hydrogens (tertiary/aromatic N) is 1. The van der Waals surface area contributed by atoms with Crippen molar-refractivity contribution in [3.8, 4) is 0 Å². The van der Waals surface area contributed by atoms with Gasteiger partial charge in [0.1, 0.15) is 5.69 Å². The molecule has 3 rings (SSSR count). The van der Waals surface area contributed by atoms with Gasteiger partial charge in [0.2, 0.25) is 0 Å². The minimum atomic E-state index is -0.0814. The average Bonchev–Trinajstić information content (AvgIpc) is 2.99. The third-order valence-corrected chi connectivity index (χ3v) is 5.92. The molecular weight excluding hydrogens is 380 g/mol. The normalized spacial score (nSPS) is 14.6. The topological polar surface area (TPSA) is 86.7 Å². The molecule has 0 atom stereocenters. The van der Waals surface area contributed by atoms with Crippen LogP contribution in [0.1, 0.15) is 50.2 Å². The number of ketones is 1. The van der Waals surface area contributed by atoms with Gasteiger partial charge in [-0.3, -0.25) is 14.4 Å². The number of aryl methyl sites for hydroxylation is 3. The number of benzene rings is 1. The van der Waals surface area contributed by atoms with Crippen molar-refractivity contribution in [3.63, 3.8) is 0 Å². The van der Waals surface area contributed by atoms with Gasteiger partial charge < -0.3 is 20.1 Å². The zero-order valence-corrected chi connectivity index (χ0v) is 18.4. The summed E-state index contributed by atoms with van der Waals surface area (Å²) in [6, 6.07) is 5.96. The lowest BCUT2D eigenvalue weighted by Gasteiger charge is -2.32. The van der Waals surface area contributed by atoms with Crippen LogP contribution < -0.4 is 10.2 Å². The molecule has 0 aliphatic carbocycles. The first-order valence-corrected chi connectivity index (χ1v) is 10.4. The Balaban J connectivity index is 1.57. The first-order chi connectivity index (χ1) is 14.2. The van der Waals surface area contributed by atoms with Crippen molar-refractivity contribution in [3.05, 3.63) is 51.8 Å². The van der Waals surface area contributed by atoms with Crippen LogP contribution in [0, 0.1) is 27.7 Å². The molecule has 2 heterocycles. The number of anilines is 1. The van der Waals surface area contributed by atoms with Crippen LogP contribution in [0.3, 0.4) is 0 Å². The summed E-state index contributed by atoms with van der Waals surface area (Å²) in [5.41, 5.74) is 5.53. The van der Waals surface area contributed by atoms with Crippen molar-refractivity contribution >= 4 is 23.3 Å². The number of aromatic nitrogens is 1. The van der Waals surface area contributed by atoms with Crippen LogP contribution in [-0.4, -0.2) is 60.2 Å². The van der Waals surface area contributed by atoms with E-state index >= 15 is 0 Å². The van der Waals surface area contributed by atoms with Gasteiger partial charge in [-0.2, -0.15) is 0 Å². The second kappa shape index (κ2) is 8.83. The van der Waals surface area contributed by atoms with Crippen molar-refractivity contribution in [1.82, 2.24) is 9.88 Å². The Kier molecular flexibility index (Phi) is 6.41. The quantitative estimate of drug-likeness (QED) is 0.651. The van der Waals surface area contributed by atoms with E-state index in [0.29, 0.717) is 49.5 Å². The van der Waals surface area contributed by atoms with Gasteiger partial charge in [-0.25, -0.2) is 0 Å². The molecule has 0 spiro atoms. The van der Waals surface area contributed by atoms with Crippen LogP contribution in [0.5, 0.6) is 0 Å². The Bertz CT molecular complexity index is 964. The fourth-order valence-electron chi connectivity index (χ4n) is 4.28. The summed E-state index contributed by atoms with van der Waals surface area (Å²) < 4.78 is 0. The smallest absolute Gasteiger partial charge is 0.279 e. The third-order valence-electron chi connectivity index (χ3n) is 5.92. The number of rotatable bonds is 5. The molecule has 1 saturated heterocycles. The second-order valence-corrected chi connectivity index (χ2v) is 8.22. The Hall–Kier alpha value is -2.93. The highest BCUT2D eigenvalue weighted by Gasteiger charge is 2.29. The molecule has 1 aromatic heterocycles. The number of hydrogen-bond acceptors (Lipinski definition) is 3. The van der Waals surface area contributed by atoms with Crippen molar-refractivity contribution in [2.75, 3.05) is 38.0 Å². The third kappa shape index (κ3) is 4.46.